The molecule has 1 aliphatic carbocycles. The van der Waals surface area contributed by atoms with Crippen LogP contribution in [0.1, 0.15) is 51.1 Å². The van der Waals surface area contributed by atoms with E-state index in [0.717, 1.165) is 37.0 Å². The fraction of sp³-hybridized carbons (Fsp3) is 0.647. The highest BCUT2D eigenvalue weighted by atomic mass is 32.2. The molecule has 0 saturated heterocycles. The summed E-state index contributed by atoms with van der Waals surface area (Å²) in [4.78, 5) is 0. The van der Waals surface area contributed by atoms with Gasteiger partial charge < -0.3 is 10.1 Å². The summed E-state index contributed by atoms with van der Waals surface area (Å²) < 4.78 is 40.7. The van der Waals surface area contributed by atoms with Crippen LogP contribution in [0.4, 0.5) is 8.78 Å². The van der Waals surface area contributed by atoms with Crippen molar-refractivity contribution < 1.29 is 17.7 Å². The number of hydrogen-bond donors (Lipinski definition) is 1. The van der Waals surface area contributed by atoms with Crippen LogP contribution in [0.2, 0.25) is 0 Å². The molecule has 130 valence electrons. The first-order valence-corrected chi connectivity index (χ1v) is 9.55. The SMILES string of the molecule is CCS(=O)C1CCCC(NC(C)c2ccc(OC(F)F)cc2)C1. The van der Waals surface area contributed by atoms with Gasteiger partial charge in [-0.3, -0.25) is 4.21 Å². The summed E-state index contributed by atoms with van der Waals surface area (Å²) in [6.45, 7) is 1.23. The van der Waals surface area contributed by atoms with E-state index in [1.165, 1.54) is 0 Å². The lowest BCUT2D eigenvalue weighted by Gasteiger charge is -2.31. The molecule has 6 heteroatoms. The fourth-order valence-electron chi connectivity index (χ4n) is 3.16. The third kappa shape index (κ3) is 5.53. The van der Waals surface area contributed by atoms with Crippen LogP contribution >= 0.6 is 0 Å². The average molecular weight is 345 g/mol. The first-order valence-electron chi connectivity index (χ1n) is 8.17. The number of benzene rings is 1. The molecule has 0 heterocycles. The molecule has 1 aliphatic rings. The van der Waals surface area contributed by atoms with Crippen molar-refractivity contribution in [3.8, 4) is 5.75 Å². The minimum absolute atomic E-state index is 0.120. The summed E-state index contributed by atoms with van der Waals surface area (Å²) in [7, 11) is -0.730. The van der Waals surface area contributed by atoms with Crippen molar-refractivity contribution in [2.24, 2.45) is 0 Å². The summed E-state index contributed by atoms with van der Waals surface area (Å²) in [6, 6.07) is 7.22. The van der Waals surface area contributed by atoms with Crippen LogP contribution in [0, 0.1) is 0 Å². The Kier molecular flexibility index (Phi) is 6.96. The monoisotopic (exact) mass is 345 g/mol. The molecule has 3 nitrogen and oxygen atoms in total. The van der Waals surface area contributed by atoms with E-state index in [-0.39, 0.29) is 11.8 Å². The van der Waals surface area contributed by atoms with E-state index < -0.39 is 17.4 Å². The van der Waals surface area contributed by atoms with E-state index in [0.29, 0.717) is 11.3 Å². The first kappa shape index (κ1) is 18.3. The van der Waals surface area contributed by atoms with Crippen LogP contribution in [0.15, 0.2) is 24.3 Å². The van der Waals surface area contributed by atoms with Crippen molar-refractivity contribution in [3.05, 3.63) is 29.8 Å². The molecule has 0 bridgehead atoms. The number of halogens is 2. The zero-order valence-corrected chi connectivity index (χ0v) is 14.5. The van der Waals surface area contributed by atoms with Crippen molar-refractivity contribution in [2.75, 3.05) is 5.75 Å². The Hall–Kier alpha value is -1.01. The molecule has 1 N–H and O–H groups in total. The average Bonchev–Trinajstić information content (AvgIpc) is 2.54. The Labute approximate surface area is 139 Å². The molecular formula is C17H25F2NO2S. The Morgan fingerprint density at radius 3 is 2.61 bits per heavy atom. The van der Waals surface area contributed by atoms with Crippen LogP contribution in [-0.2, 0) is 10.8 Å². The Morgan fingerprint density at radius 1 is 1.30 bits per heavy atom. The number of rotatable bonds is 7. The highest BCUT2D eigenvalue weighted by molar-refractivity contribution is 7.85. The molecule has 1 fully saturated rings. The molecule has 4 unspecified atom stereocenters. The van der Waals surface area contributed by atoms with Gasteiger partial charge in [-0.25, -0.2) is 0 Å². The predicted molar refractivity (Wildman–Crippen MR) is 89.4 cm³/mol. The van der Waals surface area contributed by atoms with Crippen LogP contribution in [-0.4, -0.2) is 27.9 Å². The number of hydrogen-bond acceptors (Lipinski definition) is 3. The predicted octanol–water partition coefficient (Wildman–Crippen LogP) is 4.02. The van der Waals surface area contributed by atoms with Crippen molar-refractivity contribution >= 4 is 10.8 Å². The maximum atomic E-state index is 12.2. The molecule has 0 spiro atoms. The van der Waals surface area contributed by atoms with E-state index in [4.69, 9.17) is 0 Å². The van der Waals surface area contributed by atoms with Gasteiger partial charge >= 0.3 is 6.61 Å². The maximum Gasteiger partial charge on any atom is 0.387 e. The largest absolute Gasteiger partial charge is 0.435 e. The second-order valence-corrected chi connectivity index (χ2v) is 8.00. The molecule has 2 rings (SSSR count). The van der Waals surface area contributed by atoms with Crippen molar-refractivity contribution in [1.82, 2.24) is 5.32 Å². The topological polar surface area (TPSA) is 38.3 Å². The highest BCUT2D eigenvalue weighted by Crippen LogP contribution is 2.26. The van der Waals surface area contributed by atoms with Gasteiger partial charge in [-0.1, -0.05) is 25.5 Å². The zero-order chi connectivity index (χ0) is 16.8. The third-order valence-corrected chi connectivity index (χ3v) is 6.11. The van der Waals surface area contributed by atoms with Gasteiger partial charge in [0.15, 0.2) is 0 Å². The van der Waals surface area contributed by atoms with E-state index in [1.807, 2.05) is 6.92 Å². The van der Waals surface area contributed by atoms with E-state index in [2.05, 4.69) is 17.0 Å². The molecule has 1 aromatic carbocycles. The highest BCUT2D eigenvalue weighted by Gasteiger charge is 2.26. The summed E-state index contributed by atoms with van der Waals surface area (Å²) in [5.41, 5.74) is 1.03. The third-order valence-electron chi connectivity index (χ3n) is 4.37. The van der Waals surface area contributed by atoms with Gasteiger partial charge in [-0.05, 0) is 43.9 Å². The van der Waals surface area contributed by atoms with E-state index in [9.17, 15) is 13.0 Å². The Bertz CT molecular complexity index is 510. The summed E-state index contributed by atoms with van der Waals surface area (Å²) in [6.07, 6.45) is 4.18. The number of nitrogens with one attached hydrogen (secondary N) is 1. The smallest absolute Gasteiger partial charge is 0.387 e. The van der Waals surface area contributed by atoms with Gasteiger partial charge in [-0.15, -0.1) is 0 Å². The lowest BCUT2D eigenvalue weighted by atomic mass is 9.93. The van der Waals surface area contributed by atoms with E-state index >= 15 is 0 Å². The second kappa shape index (κ2) is 8.73. The first-order chi connectivity index (χ1) is 11.0. The van der Waals surface area contributed by atoms with Gasteiger partial charge in [0.05, 0.1) is 0 Å². The van der Waals surface area contributed by atoms with Gasteiger partial charge in [0.25, 0.3) is 0 Å². The van der Waals surface area contributed by atoms with Crippen LogP contribution < -0.4 is 10.1 Å². The minimum atomic E-state index is -2.80. The molecule has 4 atom stereocenters. The molecule has 23 heavy (non-hydrogen) atoms. The Morgan fingerprint density at radius 2 is 2.00 bits per heavy atom. The molecular weight excluding hydrogens is 320 g/mol. The van der Waals surface area contributed by atoms with Crippen molar-refractivity contribution in [3.63, 3.8) is 0 Å². The zero-order valence-electron chi connectivity index (χ0n) is 13.6. The second-order valence-electron chi connectivity index (χ2n) is 5.99. The van der Waals surface area contributed by atoms with Gasteiger partial charge in [0.1, 0.15) is 5.75 Å². The molecule has 1 saturated carbocycles. The Balaban J connectivity index is 1.90. The number of alkyl halides is 2. The van der Waals surface area contributed by atoms with Gasteiger partial charge in [0.2, 0.25) is 0 Å². The van der Waals surface area contributed by atoms with Crippen LogP contribution in [0.3, 0.4) is 0 Å². The normalized spacial score (nSPS) is 24.4. The molecule has 0 radical (unpaired) electrons. The lowest BCUT2D eigenvalue weighted by molar-refractivity contribution is -0.0498. The molecule has 1 aromatic rings. The maximum absolute atomic E-state index is 12.2. The molecule has 0 aromatic heterocycles. The van der Waals surface area contributed by atoms with Crippen molar-refractivity contribution in [1.29, 1.82) is 0 Å². The summed E-state index contributed by atoms with van der Waals surface area (Å²) >= 11 is 0. The van der Waals surface area contributed by atoms with Crippen LogP contribution in [0.25, 0.3) is 0 Å². The molecule has 0 aliphatic heterocycles. The summed E-state index contributed by atoms with van der Waals surface area (Å²) in [5, 5.41) is 3.87. The summed E-state index contributed by atoms with van der Waals surface area (Å²) in [5.74, 6) is 0.894. The fourth-order valence-corrected chi connectivity index (χ4v) is 4.51. The van der Waals surface area contributed by atoms with E-state index in [1.54, 1.807) is 24.3 Å². The van der Waals surface area contributed by atoms with Crippen LogP contribution in [0.5, 0.6) is 5.75 Å². The quantitative estimate of drug-likeness (QED) is 0.811. The van der Waals surface area contributed by atoms with Gasteiger partial charge in [0, 0.05) is 33.9 Å². The minimum Gasteiger partial charge on any atom is -0.435 e. The lowest BCUT2D eigenvalue weighted by Crippen LogP contribution is -2.39. The van der Waals surface area contributed by atoms with Gasteiger partial charge in [-0.2, -0.15) is 8.78 Å². The number of ether oxygens (including phenoxy) is 1. The standard InChI is InChI=1S/C17H25F2NO2S/c1-3-23(21)16-6-4-5-14(11-16)20-12(2)13-7-9-15(10-8-13)22-17(18)19/h7-10,12,14,16-17,20H,3-6,11H2,1-2H3. The van der Waals surface area contributed by atoms with Crippen molar-refractivity contribution in [2.45, 2.75) is 63.5 Å². The molecule has 0 amide bonds.